The van der Waals surface area contributed by atoms with Crippen LogP contribution in [0, 0.1) is 12.7 Å². The highest BCUT2D eigenvalue weighted by Gasteiger charge is 2.11. The van der Waals surface area contributed by atoms with Gasteiger partial charge in [-0.2, -0.15) is 0 Å². The van der Waals surface area contributed by atoms with Crippen molar-refractivity contribution in [3.63, 3.8) is 0 Å². The van der Waals surface area contributed by atoms with Gasteiger partial charge in [-0.25, -0.2) is 14.4 Å². The average Bonchev–Trinajstić information content (AvgIpc) is 2.71. The average molecular weight is 378 g/mol. The predicted octanol–water partition coefficient (Wildman–Crippen LogP) is 3.90. The maximum atomic E-state index is 13.7. The summed E-state index contributed by atoms with van der Waals surface area (Å²) in [5, 5.41) is 5.95. The molecule has 0 radical (unpaired) electrons. The number of hydrogen-bond acceptors (Lipinski definition) is 4. The van der Waals surface area contributed by atoms with Gasteiger partial charge in [-0.1, -0.05) is 48.5 Å². The lowest BCUT2D eigenvalue weighted by atomic mass is 10.1. The lowest BCUT2D eigenvalue weighted by molar-refractivity contribution is 0.0945. The first-order valence-corrected chi connectivity index (χ1v) is 9.27. The number of carbonyl (C=O) groups is 1. The minimum Gasteiger partial charge on any atom is -0.370 e. The molecule has 28 heavy (non-hydrogen) atoms. The molecule has 2 aromatic carbocycles. The van der Waals surface area contributed by atoms with Crippen LogP contribution < -0.4 is 10.6 Å². The number of halogens is 1. The highest BCUT2D eigenvalue weighted by atomic mass is 19.1. The second-order valence-electron chi connectivity index (χ2n) is 6.48. The van der Waals surface area contributed by atoms with E-state index in [1.54, 1.807) is 31.2 Å². The Balaban J connectivity index is 1.54. The van der Waals surface area contributed by atoms with E-state index in [2.05, 4.69) is 32.7 Å². The van der Waals surface area contributed by atoms with Gasteiger partial charge in [-0.05, 0) is 31.4 Å². The second-order valence-corrected chi connectivity index (χ2v) is 6.48. The number of hydrogen-bond donors (Lipinski definition) is 2. The summed E-state index contributed by atoms with van der Waals surface area (Å²) in [6.45, 7) is 2.58. The molecular weight excluding hydrogens is 355 g/mol. The molecule has 5 nitrogen and oxygen atoms in total. The lowest BCUT2D eigenvalue weighted by Gasteiger charge is -2.10. The molecule has 1 aromatic heterocycles. The van der Waals surface area contributed by atoms with Crippen LogP contribution in [-0.2, 0) is 13.0 Å². The van der Waals surface area contributed by atoms with Gasteiger partial charge in [0.25, 0.3) is 5.91 Å². The molecule has 0 bridgehead atoms. The zero-order valence-electron chi connectivity index (χ0n) is 15.8. The fourth-order valence-corrected chi connectivity index (χ4v) is 2.84. The Morgan fingerprint density at radius 2 is 1.79 bits per heavy atom. The van der Waals surface area contributed by atoms with Gasteiger partial charge in [0, 0.05) is 24.7 Å². The summed E-state index contributed by atoms with van der Waals surface area (Å²) < 4.78 is 13.7. The molecule has 3 aromatic rings. The minimum absolute atomic E-state index is 0.106. The van der Waals surface area contributed by atoms with Crippen molar-refractivity contribution >= 4 is 11.7 Å². The molecule has 0 atom stereocenters. The van der Waals surface area contributed by atoms with Crippen LogP contribution >= 0.6 is 0 Å². The van der Waals surface area contributed by atoms with Crippen molar-refractivity contribution in [3.05, 3.63) is 89.1 Å². The van der Waals surface area contributed by atoms with Gasteiger partial charge in [-0.15, -0.1) is 0 Å². The van der Waals surface area contributed by atoms with Crippen LogP contribution in [-0.4, -0.2) is 22.4 Å². The number of nitrogens with zero attached hydrogens (tertiary/aromatic N) is 2. The number of rotatable bonds is 8. The summed E-state index contributed by atoms with van der Waals surface area (Å²) in [5.74, 6) is 0.407. The Kier molecular flexibility index (Phi) is 6.68. The van der Waals surface area contributed by atoms with Crippen LogP contribution in [0.2, 0.25) is 0 Å². The maximum Gasteiger partial charge on any atom is 0.270 e. The second kappa shape index (κ2) is 9.60. The van der Waals surface area contributed by atoms with E-state index in [9.17, 15) is 9.18 Å². The Labute approximate surface area is 164 Å². The van der Waals surface area contributed by atoms with E-state index in [1.165, 1.54) is 11.6 Å². The third-order valence-corrected chi connectivity index (χ3v) is 4.26. The maximum absolute atomic E-state index is 13.7. The smallest absolute Gasteiger partial charge is 0.270 e. The van der Waals surface area contributed by atoms with Crippen LogP contribution in [0.25, 0.3) is 0 Å². The molecule has 0 unspecified atom stereocenters. The molecule has 0 fully saturated rings. The number of aryl methyl sites for hydroxylation is 2. The Hall–Kier alpha value is -3.28. The largest absolute Gasteiger partial charge is 0.370 e. The number of amides is 1. The summed E-state index contributed by atoms with van der Waals surface area (Å²) in [6, 6.07) is 18.2. The third kappa shape index (κ3) is 5.61. The van der Waals surface area contributed by atoms with E-state index in [0.717, 1.165) is 19.4 Å². The lowest BCUT2D eigenvalue weighted by Crippen LogP contribution is -2.25. The zero-order chi connectivity index (χ0) is 19.8. The first-order chi connectivity index (χ1) is 13.6. The van der Waals surface area contributed by atoms with Crippen molar-refractivity contribution in [2.24, 2.45) is 0 Å². The van der Waals surface area contributed by atoms with Gasteiger partial charge in [0.2, 0.25) is 0 Å². The standard InChI is InChI=1S/C22H23FN4O/c1-16-26-20(22(28)25-15-18-11-5-6-12-19(18)23)14-21(27-16)24-13-7-10-17-8-3-2-4-9-17/h2-6,8-9,11-12,14H,7,10,13,15H2,1H3,(H,25,28)(H,24,26,27). The first-order valence-electron chi connectivity index (χ1n) is 9.27. The van der Waals surface area contributed by atoms with E-state index in [-0.39, 0.29) is 24.0 Å². The summed E-state index contributed by atoms with van der Waals surface area (Å²) in [6.07, 6.45) is 1.91. The number of anilines is 1. The highest BCUT2D eigenvalue weighted by Crippen LogP contribution is 2.10. The van der Waals surface area contributed by atoms with Gasteiger partial charge in [-0.3, -0.25) is 4.79 Å². The van der Waals surface area contributed by atoms with E-state index in [0.29, 0.717) is 17.2 Å². The van der Waals surface area contributed by atoms with Crippen LogP contribution in [0.3, 0.4) is 0 Å². The van der Waals surface area contributed by atoms with Gasteiger partial charge >= 0.3 is 0 Å². The molecule has 1 amide bonds. The summed E-state index contributed by atoms with van der Waals surface area (Å²) in [7, 11) is 0. The van der Waals surface area contributed by atoms with E-state index in [4.69, 9.17) is 0 Å². The van der Waals surface area contributed by atoms with Crippen molar-refractivity contribution in [2.75, 3.05) is 11.9 Å². The molecule has 0 saturated carbocycles. The molecular formula is C22H23FN4O. The molecule has 0 spiro atoms. The number of nitrogens with one attached hydrogen (secondary N) is 2. The molecule has 2 N–H and O–H groups in total. The Morgan fingerprint density at radius 3 is 2.57 bits per heavy atom. The van der Waals surface area contributed by atoms with Crippen molar-refractivity contribution in [1.82, 2.24) is 15.3 Å². The van der Waals surface area contributed by atoms with E-state index < -0.39 is 0 Å². The van der Waals surface area contributed by atoms with Gasteiger partial charge < -0.3 is 10.6 Å². The Morgan fingerprint density at radius 1 is 1.04 bits per heavy atom. The number of aromatic nitrogens is 2. The molecule has 3 rings (SSSR count). The zero-order valence-corrected chi connectivity index (χ0v) is 15.8. The van der Waals surface area contributed by atoms with E-state index in [1.807, 2.05) is 18.2 Å². The third-order valence-electron chi connectivity index (χ3n) is 4.26. The fraction of sp³-hybridized carbons (Fsp3) is 0.227. The topological polar surface area (TPSA) is 66.9 Å². The molecule has 1 heterocycles. The highest BCUT2D eigenvalue weighted by molar-refractivity contribution is 5.92. The van der Waals surface area contributed by atoms with Gasteiger partial charge in [0.05, 0.1) is 0 Å². The van der Waals surface area contributed by atoms with Crippen LogP contribution in [0.15, 0.2) is 60.7 Å². The van der Waals surface area contributed by atoms with Gasteiger partial charge in [0.15, 0.2) is 0 Å². The molecule has 0 aliphatic heterocycles. The van der Waals surface area contributed by atoms with Crippen LogP contribution in [0.1, 0.15) is 33.9 Å². The van der Waals surface area contributed by atoms with Crippen LogP contribution in [0.4, 0.5) is 10.2 Å². The molecule has 0 saturated heterocycles. The molecule has 0 aliphatic rings. The molecule has 6 heteroatoms. The van der Waals surface area contributed by atoms with Crippen LogP contribution in [0.5, 0.6) is 0 Å². The fourth-order valence-electron chi connectivity index (χ4n) is 2.84. The van der Waals surface area contributed by atoms with Crippen molar-refractivity contribution in [2.45, 2.75) is 26.3 Å². The minimum atomic E-state index is -0.360. The predicted molar refractivity (Wildman–Crippen MR) is 108 cm³/mol. The molecule has 144 valence electrons. The summed E-state index contributed by atoms with van der Waals surface area (Å²) in [4.78, 5) is 20.9. The molecule has 0 aliphatic carbocycles. The number of carbonyl (C=O) groups excluding carboxylic acids is 1. The van der Waals surface area contributed by atoms with Crippen molar-refractivity contribution in [1.29, 1.82) is 0 Å². The van der Waals surface area contributed by atoms with Gasteiger partial charge in [0.1, 0.15) is 23.2 Å². The summed E-state index contributed by atoms with van der Waals surface area (Å²) in [5.41, 5.74) is 1.98. The normalized spacial score (nSPS) is 10.5. The van der Waals surface area contributed by atoms with Crippen molar-refractivity contribution < 1.29 is 9.18 Å². The summed E-state index contributed by atoms with van der Waals surface area (Å²) >= 11 is 0. The monoisotopic (exact) mass is 378 g/mol. The SMILES string of the molecule is Cc1nc(NCCCc2ccccc2)cc(C(=O)NCc2ccccc2F)n1. The number of benzene rings is 2. The Bertz CT molecular complexity index is 931. The van der Waals surface area contributed by atoms with E-state index >= 15 is 0 Å². The quantitative estimate of drug-likeness (QED) is 0.584. The van der Waals surface area contributed by atoms with Crippen molar-refractivity contribution in [3.8, 4) is 0 Å². The first kappa shape index (κ1) is 19.5.